The van der Waals surface area contributed by atoms with Gasteiger partial charge in [-0.25, -0.2) is 4.79 Å². The van der Waals surface area contributed by atoms with E-state index in [0.717, 1.165) is 6.42 Å². The molecular weight excluding hydrogens is 402 g/mol. The largest absolute Gasteiger partial charge is 0.480 e. The fourth-order valence-corrected chi connectivity index (χ4v) is 2.76. The van der Waals surface area contributed by atoms with Crippen LogP contribution in [0.3, 0.4) is 0 Å². The number of aliphatic hydroxyl groups is 1. The molecule has 3 amide bonds. The van der Waals surface area contributed by atoms with Gasteiger partial charge in [0, 0.05) is 0 Å². The molecule has 9 N–H and O–H groups in total. The summed E-state index contributed by atoms with van der Waals surface area (Å²) in [4.78, 5) is 47.8. The van der Waals surface area contributed by atoms with Crippen molar-refractivity contribution in [3.8, 4) is 0 Å². The maximum absolute atomic E-state index is 12.4. The Morgan fingerprint density at radius 3 is 2.10 bits per heavy atom. The first kappa shape index (κ1) is 27.1. The van der Waals surface area contributed by atoms with Crippen molar-refractivity contribution in [2.75, 3.05) is 25.2 Å². The number of carbonyl (C=O) groups excluding carboxylic acids is 3. The first-order valence-corrected chi connectivity index (χ1v) is 10.8. The molecule has 0 rings (SSSR count). The Morgan fingerprint density at radius 2 is 1.59 bits per heavy atom. The third-order valence-electron chi connectivity index (χ3n) is 4.10. The topological polar surface area (TPSA) is 197 Å². The van der Waals surface area contributed by atoms with Crippen molar-refractivity contribution in [3.05, 3.63) is 0 Å². The number of aliphatic hydroxyl groups excluding tert-OH is 1. The molecule has 0 aromatic heterocycles. The fraction of sp³-hybridized carbons (Fsp3) is 0.765. The number of carboxylic acid groups (broad SMARTS) is 1. The third kappa shape index (κ3) is 11.0. The smallest absolute Gasteiger partial charge is 0.328 e. The Morgan fingerprint density at radius 1 is 0.966 bits per heavy atom. The average Bonchev–Trinajstić information content (AvgIpc) is 2.68. The van der Waals surface area contributed by atoms with Gasteiger partial charge in [0.05, 0.1) is 12.6 Å². The minimum atomic E-state index is -1.47. The van der Waals surface area contributed by atoms with Crippen LogP contribution in [0.4, 0.5) is 0 Å². The Bertz CT molecular complexity index is 550. The summed E-state index contributed by atoms with van der Waals surface area (Å²) in [5.41, 5.74) is 11.2. The number of hydrogen-bond donors (Lipinski definition) is 7. The van der Waals surface area contributed by atoms with Gasteiger partial charge in [0.15, 0.2) is 0 Å². The lowest BCUT2D eigenvalue weighted by Gasteiger charge is -2.23. The predicted molar refractivity (Wildman–Crippen MR) is 110 cm³/mol. The first-order valence-electron chi connectivity index (χ1n) is 9.37. The van der Waals surface area contributed by atoms with Crippen molar-refractivity contribution in [3.63, 3.8) is 0 Å². The maximum Gasteiger partial charge on any atom is 0.328 e. The van der Waals surface area contributed by atoms with Gasteiger partial charge in [0.1, 0.15) is 18.1 Å². The van der Waals surface area contributed by atoms with Gasteiger partial charge >= 0.3 is 5.97 Å². The molecule has 0 unspecified atom stereocenters. The summed E-state index contributed by atoms with van der Waals surface area (Å²) in [6, 6.07) is -4.20. The lowest BCUT2D eigenvalue weighted by molar-refractivity contribution is -0.143. The fourth-order valence-electron chi connectivity index (χ4n) is 2.28. The summed E-state index contributed by atoms with van der Waals surface area (Å²) in [6.07, 6.45) is 3.94. The number of carboxylic acids is 1. The van der Waals surface area contributed by atoms with E-state index in [0.29, 0.717) is 25.1 Å². The molecular formula is C17H33N5O6S. The zero-order chi connectivity index (χ0) is 22.4. The lowest BCUT2D eigenvalue weighted by atomic mass is 10.1. The Labute approximate surface area is 174 Å². The summed E-state index contributed by atoms with van der Waals surface area (Å²) in [7, 11) is 0. The van der Waals surface area contributed by atoms with Gasteiger partial charge in [-0.1, -0.05) is 6.42 Å². The van der Waals surface area contributed by atoms with E-state index in [-0.39, 0.29) is 6.42 Å². The van der Waals surface area contributed by atoms with Crippen LogP contribution in [0.1, 0.15) is 32.6 Å². The maximum atomic E-state index is 12.4. The molecule has 4 atom stereocenters. The number of nitrogens with one attached hydrogen (secondary N) is 3. The van der Waals surface area contributed by atoms with Crippen LogP contribution in [-0.2, 0) is 19.2 Å². The molecule has 12 heteroatoms. The van der Waals surface area contributed by atoms with Crippen LogP contribution >= 0.6 is 11.8 Å². The zero-order valence-electron chi connectivity index (χ0n) is 16.8. The van der Waals surface area contributed by atoms with Gasteiger partial charge in [-0.2, -0.15) is 11.8 Å². The molecule has 0 aliphatic heterocycles. The standard InChI is InChI=1S/C17H33N5O6S/c1-10(20-15(25)11(19)5-3-4-7-18)14(24)21-12(6-8-29-2)16(26)22-13(9-23)17(27)28/h10-13,23H,3-9,18-19H2,1-2H3,(H,20,25)(H,21,24)(H,22,26)(H,27,28)/t10-,11-,12-,13-/m0/s1. The highest BCUT2D eigenvalue weighted by Gasteiger charge is 2.28. The highest BCUT2D eigenvalue weighted by Crippen LogP contribution is 2.03. The van der Waals surface area contributed by atoms with E-state index in [4.69, 9.17) is 21.7 Å². The SMILES string of the molecule is CSCC[C@H](NC(=O)[C@H](C)NC(=O)[C@@H](N)CCCCN)C(=O)N[C@@H](CO)C(=O)O. The van der Waals surface area contributed by atoms with Crippen molar-refractivity contribution in [1.29, 1.82) is 0 Å². The van der Waals surface area contributed by atoms with E-state index in [1.807, 2.05) is 6.26 Å². The summed E-state index contributed by atoms with van der Waals surface area (Å²) >= 11 is 1.45. The Hall–Kier alpha value is -1.89. The minimum absolute atomic E-state index is 0.246. The van der Waals surface area contributed by atoms with E-state index in [1.165, 1.54) is 18.7 Å². The molecule has 0 fully saturated rings. The molecule has 0 aliphatic carbocycles. The van der Waals surface area contributed by atoms with Crippen LogP contribution in [0.5, 0.6) is 0 Å². The van der Waals surface area contributed by atoms with E-state index in [9.17, 15) is 19.2 Å². The number of unbranched alkanes of at least 4 members (excludes halogenated alkanes) is 1. The molecule has 11 nitrogen and oxygen atoms in total. The van der Waals surface area contributed by atoms with E-state index >= 15 is 0 Å². The van der Waals surface area contributed by atoms with Crippen LogP contribution in [-0.4, -0.2) is 83.2 Å². The van der Waals surface area contributed by atoms with Gasteiger partial charge in [-0.3, -0.25) is 14.4 Å². The summed E-state index contributed by atoms with van der Waals surface area (Å²) in [5, 5.41) is 25.2. The minimum Gasteiger partial charge on any atom is -0.480 e. The van der Waals surface area contributed by atoms with Crippen LogP contribution in [0.15, 0.2) is 0 Å². The number of carbonyl (C=O) groups is 4. The van der Waals surface area contributed by atoms with Crippen molar-refractivity contribution >= 4 is 35.5 Å². The van der Waals surface area contributed by atoms with Gasteiger partial charge in [0.2, 0.25) is 17.7 Å². The van der Waals surface area contributed by atoms with Gasteiger partial charge < -0.3 is 37.6 Å². The highest BCUT2D eigenvalue weighted by molar-refractivity contribution is 7.98. The van der Waals surface area contributed by atoms with E-state index in [2.05, 4.69) is 16.0 Å². The number of amides is 3. The molecule has 0 aromatic carbocycles. The van der Waals surface area contributed by atoms with Crippen LogP contribution in [0.25, 0.3) is 0 Å². The third-order valence-corrected chi connectivity index (χ3v) is 4.74. The van der Waals surface area contributed by atoms with Gasteiger partial charge in [-0.05, 0) is 44.7 Å². The van der Waals surface area contributed by atoms with Crippen molar-refractivity contribution < 1.29 is 29.4 Å². The number of nitrogens with two attached hydrogens (primary N) is 2. The quantitative estimate of drug-likeness (QED) is 0.139. The molecule has 29 heavy (non-hydrogen) atoms. The number of thioether (sulfide) groups is 1. The lowest BCUT2D eigenvalue weighted by Crippen LogP contribution is -2.56. The van der Waals surface area contributed by atoms with Crippen molar-refractivity contribution in [2.45, 2.75) is 56.8 Å². The Kier molecular flexibility index (Phi) is 14.0. The second-order valence-electron chi connectivity index (χ2n) is 6.55. The number of rotatable bonds is 15. The van der Waals surface area contributed by atoms with E-state index in [1.54, 1.807) is 0 Å². The predicted octanol–water partition coefficient (Wildman–Crippen LogP) is -2.25. The molecule has 0 saturated carbocycles. The number of aliphatic carboxylic acids is 1. The summed E-state index contributed by atoms with van der Waals surface area (Å²) in [6.45, 7) is 1.18. The van der Waals surface area contributed by atoms with Crippen LogP contribution in [0, 0.1) is 0 Å². The summed E-state index contributed by atoms with van der Waals surface area (Å²) in [5.74, 6) is -2.68. The molecule has 0 radical (unpaired) electrons. The molecule has 0 spiro atoms. The second kappa shape index (κ2) is 15.0. The van der Waals surface area contributed by atoms with Gasteiger partial charge in [0.25, 0.3) is 0 Å². The van der Waals surface area contributed by atoms with Crippen molar-refractivity contribution in [2.24, 2.45) is 11.5 Å². The molecule has 0 bridgehead atoms. The Balaban J connectivity index is 4.83. The molecule has 0 heterocycles. The first-order chi connectivity index (χ1) is 13.7. The van der Waals surface area contributed by atoms with Gasteiger partial charge in [-0.15, -0.1) is 0 Å². The second-order valence-corrected chi connectivity index (χ2v) is 7.53. The number of hydrogen-bond acceptors (Lipinski definition) is 8. The summed E-state index contributed by atoms with van der Waals surface area (Å²) < 4.78 is 0. The zero-order valence-corrected chi connectivity index (χ0v) is 17.7. The highest BCUT2D eigenvalue weighted by atomic mass is 32.2. The van der Waals surface area contributed by atoms with Crippen LogP contribution < -0.4 is 27.4 Å². The molecule has 168 valence electrons. The molecule has 0 aliphatic rings. The molecule has 0 saturated heterocycles. The van der Waals surface area contributed by atoms with Crippen molar-refractivity contribution in [1.82, 2.24) is 16.0 Å². The normalized spacial score (nSPS) is 14.9. The average molecular weight is 436 g/mol. The monoisotopic (exact) mass is 435 g/mol. The van der Waals surface area contributed by atoms with E-state index < -0.39 is 54.5 Å². The molecule has 0 aromatic rings. The van der Waals surface area contributed by atoms with Crippen LogP contribution in [0.2, 0.25) is 0 Å².